The summed E-state index contributed by atoms with van der Waals surface area (Å²) in [4.78, 5) is 23.8. The predicted molar refractivity (Wildman–Crippen MR) is 97.5 cm³/mol. The Bertz CT molecular complexity index is 554. The summed E-state index contributed by atoms with van der Waals surface area (Å²) in [5, 5.41) is 7.93. The summed E-state index contributed by atoms with van der Waals surface area (Å²) in [5.74, 6) is -0.430. The van der Waals surface area contributed by atoms with E-state index in [9.17, 15) is 4.79 Å². The van der Waals surface area contributed by atoms with E-state index in [4.69, 9.17) is 14.9 Å². The van der Waals surface area contributed by atoms with Crippen LogP contribution in [0.3, 0.4) is 0 Å². The van der Waals surface area contributed by atoms with Crippen LogP contribution in [0.5, 0.6) is 0 Å². The number of aliphatic imine (C=N–C) groups is 2. The number of nitrogens with one attached hydrogen (secondary N) is 1. The van der Waals surface area contributed by atoms with Crippen LogP contribution in [0.25, 0.3) is 0 Å². The van der Waals surface area contributed by atoms with Crippen molar-refractivity contribution in [2.24, 2.45) is 9.98 Å². The fraction of sp³-hybridized carbons (Fsp3) is 0.625. The molecule has 0 saturated carbocycles. The third-order valence-corrected chi connectivity index (χ3v) is 4.27. The van der Waals surface area contributed by atoms with Gasteiger partial charge in [-0.15, -0.1) is 0 Å². The lowest BCUT2D eigenvalue weighted by molar-refractivity contribution is -0.137. The van der Waals surface area contributed by atoms with Crippen LogP contribution in [0.4, 0.5) is 0 Å². The Hall–Kier alpha value is -1.51. The van der Waals surface area contributed by atoms with Crippen molar-refractivity contribution in [2.75, 3.05) is 46.0 Å². The van der Waals surface area contributed by atoms with Crippen LogP contribution >= 0.6 is 11.8 Å². The molecule has 0 amide bonds. The third-order valence-electron chi connectivity index (χ3n) is 3.46. The molecular formula is C16H24N4O3S. The molecule has 0 aromatic rings. The van der Waals surface area contributed by atoms with E-state index in [1.807, 2.05) is 0 Å². The molecule has 2 heterocycles. The Kier molecular flexibility index (Phi) is 7.61. The Balaban J connectivity index is 2.06. The van der Waals surface area contributed by atoms with Gasteiger partial charge in [0, 0.05) is 25.8 Å². The van der Waals surface area contributed by atoms with Gasteiger partial charge in [0.2, 0.25) is 0 Å². The monoisotopic (exact) mass is 352 g/mol. The van der Waals surface area contributed by atoms with Gasteiger partial charge < -0.3 is 9.47 Å². The van der Waals surface area contributed by atoms with Crippen molar-refractivity contribution in [1.82, 2.24) is 4.90 Å². The molecular weight excluding hydrogens is 328 g/mol. The first kappa shape index (κ1) is 18.8. The summed E-state index contributed by atoms with van der Waals surface area (Å²) >= 11 is 1.08. The maximum atomic E-state index is 12.0. The summed E-state index contributed by atoms with van der Waals surface area (Å²) in [7, 11) is 0. The number of hydrogen-bond donors (Lipinski definition) is 1. The SMILES string of the molecule is CCOC(=O)/C(=C\C1=NC(CN2CCOCC2)CN=C1)SC(C)=N. The molecule has 2 aliphatic rings. The lowest BCUT2D eigenvalue weighted by Crippen LogP contribution is -2.42. The number of rotatable bonds is 6. The van der Waals surface area contributed by atoms with E-state index in [0.29, 0.717) is 28.8 Å². The van der Waals surface area contributed by atoms with E-state index < -0.39 is 5.97 Å². The zero-order chi connectivity index (χ0) is 17.4. The average Bonchev–Trinajstić information content (AvgIpc) is 2.55. The maximum Gasteiger partial charge on any atom is 0.345 e. The first-order valence-corrected chi connectivity index (χ1v) is 8.89. The van der Waals surface area contributed by atoms with E-state index in [1.165, 1.54) is 0 Å². The third kappa shape index (κ3) is 6.18. The van der Waals surface area contributed by atoms with Crippen molar-refractivity contribution in [3.63, 3.8) is 0 Å². The Morgan fingerprint density at radius 1 is 1.54 bits per heavy atom. The second-order valence-corrected chi connectivity index (χ2v) is 6.76. The number of thioether (sulfide) groups is 1. The number of ether oxygens (including phenoxy) is 2. The Morgan fingerprint density at radius 3 is 2.96 bits per heavy atom. The van der Waals surface area contributed by atoms with Crippen molar-refractivity contribution in [3.05, 3.63) is 11.0 Å². The number of allylic oxidation sites excluding steroid dienone is 1. The molecule has 2 rings (SSSR count). The fourth-order valence-corrected chi connectivity index (χ4v) is 3.09. The predicted octanol–water partition coefficient (Wildman–Crippen LogP) is 1.39. The van der Waals surface area contributed by atoms with E-state index in [-0.39, 0.29) is 6.04 Å². The lowest BCUT2D eigenvalue weighted by atomic mass is 10.2. The molecule has 0 aromatic heterocycles. The summed E-state index contributed by atoms with van der Waals surface area (Å²) in [6.45, 7) is 8.53. The molecule has 1 fully saturated rings. The second-order valence-electron chi connectivity index (χ2n) is 5.50. The fourth-order valence-electron chi connectivity index (χ4n) is 2.44. The van der Waals surface area contributed by atoms with Gasteiger partial charge in [0.05, 0.1) is 43.2 Å². The zero-order valence-corrected chi connectivity index (χ0v) is 15.0. The van der Waals surface area contributed by atoms with Crippen LogP contribution in [0.2, 0.25) is 0 Å². The van der Waals surface area contributed by atoms with E-state index in [0.717, 1.165) is 44.6 Å². The van der Waals surface area contributed by atoms with Gasteiger partial charge in [0.15, 0.2) is 0 Å². The first-order chi connectivity index (χ1) is 11.6. The van der Waals surface area contributed by atoms with Crippen molar-refractivity contribution >= 4 is 34.7 Å². The lowest BCUT2D eigenvalue weighted by Gasteiger charge is -2.29. The molecule has 0 spiro atoms. The number of nitrogens with zero attached hydrogens (tertiary/aromatic N) is 3. The van der Waals surface area contributed by atoms with E-state index >= 15 is 0 Å². The highest BCUT2D eigenvalue weighted by Gasteiger charge is 2.19. The van der Waals surface area contributed by atoms with Gasteiger partial charge in [-0.2, -0.15) is 0 Å². The van der Waals surface area contributed by atoms with Crippen molar-refractivity contribution in [3.8, 4) is 0 Å². The molecule has 0 bridgehead atoms. The van der Waals surface area contributed by atoms with Crippen LogP contribution in [-0.2, 0) is 14.3 Å². The normalized spacial score (nSPS) is 22.2. The molecule has 2 aliphatic heterocycles. The smallest absolute Gasteiger partial charge is 0.345 e. The van der Waals surface area contributed by atoms with Crippen molar-refractivity contribution < 1.29 is 14.3 Å². The summed E-state index contributed by atoms with van der Waals surface area (Å²) in [6.07, 6.45) is 3.34. The van der Waals surface area contributed by atoms with Crippen LogP contribution in [0.15, 0.2) is 21.0 Å². The molecule has 132 valence electrons. The molecule has 8 heteroatoms. The van der Waals surface area contributed by atoms with Crippen LogP contribution < -0.4 is 0 Å². The number of carbonyl (C=O) groups is 1. The summed E-state index contributed by atoms with van der Waals surface area (Å²) in [6, 6.07) is 0.0777. The molecule has 1 atom stereocenters. The molecule has 0 aromatic carbocycles. The van der Waals surface area contributed by atoms with Gasteiger partial charge in [0.1, 0.15) is 4.91 Å². The number of hydrogen-bond acceptors (Lipinski definition) is 8. The van der Waals surface area contributed by atoms with E-state index in [2.05, 4.69) is 14.9 Å². The van der Waals surface area contributed by atoms with Crippen LogP contribution in [-0.4, -0.2) is 79.9 Å². The van der Waals surface area contributed by atoms with Gasteiger partial charge in [-0.05, 0) is 19.9 Å². The highest BCUT2D eigenvalue weighted by molar-refractivity contribution is 8.17. The van der Waals surface area contributed by atoms with Gasteiger partial charge in [0.25, 0.3) is 0 Å². The molecule has 7 nitrogen and oxygen atoms in total. The van der Waals surface area contributed by atoms with Crippen molar-refractivity contribution in [2.45, 2.75) is 19.9 Å². The van der Waals surface area contributed by atoms with Crippen LogP contribution in [0.1, 0.15) is 13.8 Å². The topological polar surface area (TPSA) is 87.3 Å². The quantitative estimate of drug-likeness (QED) is 0.338. The second kappa shape index (κ2) is 9.71. The average molecular weight is 352 g/mol. The highest BCUT2D eigenvalue weighted by Crippen LogP contribution is 2.19. The first-order valence-electron chi connectivity index (χ1n) is 8.08. The minimum Gasteiger partial charge on any atom is -0.462 e. The minimum absolute atomic E-state index is 0.0777. The Morgan fingerprint density at radius 2 is 2.29 bits per heavy atom. The summed E-state index contributed by atoms with van der Waals surface area (Å²) in [5.41, 5.74) is 0.649. The number of morpholine rings is 1. The maximum absolute atomic E-state index is 12.0. The van der Waals surface area contributed by atoms with Gasteiger partial charge in [-0.25, -0.2) is 4.79 Å². The number of carbonyl (C=O) groups excluding carboxylic acids is 1. The van der Waals surface area contributed by atoms with E-state index in [1.54, 1.807) is 26.1 Å². The van der Waals surface area contributed by atoms with Gasteiger partial charge >= 0.3 is 5.97 Å². The largest absolute Gasteiger partial charge is 0.462 e. The number of esters is 1. The standard InChI is InChI=1S/C16H24N4O3S/c1-3-23-16(21)15(24-12(2)17)8-13-9-18-10-14(19-13)11-20-4-6-22-7-5-20/h8-9,14,17H,3-7,10-11H2,1-2H3/b15-8+,17-12?. The van der Waals surface area contributed by atoms with Crippen LogP contribution in [0, 0.1) is 5.41 Å². The van der Waals surface area contributed by atoms with Gasteiger partial charge in [-0.3, -0.25) is 20.3 Å². The molecule has 1 N–H and O–H groups in total. The summed E-state index contributed by atoms with van der Waals surface area (Å²) < 4.78 is 10.4. The highest BCUT2D eigenvalue weighted by atomic mass is 32.2. The molecule has 0 aliphatic carbocycles. The van der Waals surface area contributed by atoms with Crippen molar-refractivity contribution in [1.29, 1.82) is 5.41 Å². The Labute approximate surface area is 146 Å². The molecule has 1 unspecified atom stereocenters. The minimum atomic E-state index is -0.430. The molecule has 24 heavy (non-hydrogen) atoms. The molecule has 1 saturated heterocycles. The van der Waals surface area contributed by atoms with Gasteiger partial charge in [-0.1, -0.05) is 11.8 Å². The zero-order valence-electron chi connectivity index (χ0n) is 14.2. The molecule has 0 radical (unpaired) electrons.